The quantitative estimate of drug-likeness (QED) is 0.225. The zero-order valence-corrected chi connectivity index (χ0v) is 17.6. The minimum Gasteiger partial charge on any atom is -0.359 e. The van der Waals surface area contributed by atoms with Crippen LogP contribution in [0.3, 0.4) is 0 Å². The largest absolute Gasteiger partial charge is 0.359 e. The Morgan fingerprint density at radius 1 is 0.520 bits per heavy atom. The smallest absolute Gasteiger partial charge is 0.219 e. The molecule has 0 atom stereocenters. The van der Waals surface area contributed by atoms with E-state index in [0.717, 1.165) is 6.42 Å². The average Bonchev–Trinajstić information content (AvgIpc) is 2.63. The number of rotatable bonds is 20. The summed E-state index contributed by atoms with van der Waals surface area (Å²) in [5, 5.41) is 2.68. The molecule has 25 heavy (non-hydrogen) atoms. The van der Waals surface area contributed by atoms with Crippen molar-refractivity contribution in [1.29, 1.82) is 0 Å². The SMILES string of the molecule is CCCCCCCCCCCCCCCCCCCCCC(=O)NC. The lowest BCUT2D eigenvalue weighted by atomic mass is 10.0. The Morgan fingerprint density at radius 2 is 0.800 bits per heavy atom. The maximum Gasteiger partial charge on any atom is 0.219 e. The monoisotopic (exact) mass is 353 g/mol. The Kier molecular flexibility index (Phi) is 21.1. The highest BCUT2D eigenvalue weighted by Gasteiger charge is 1.98. The van der Waals surface area contributed by atoms with Gasteiger partial charge in [-0.05, 0) is 6.42 Å². The number of hydrogen-bond acceptors (Lipinski definition) is 1. The van der Waals surface area contributed by atoms with Crippen molar-refractivity contribution in [1.82, 2.24) is 5.32 Å². The van der Waals surface area contributed by atoms with Crippen LogP contribution in [0.2, 0.25) is 0 Å². The van der Waals surface area contributed by atoms with Crippen LogP contribution in [0.15, 0.2) is 0 Å². The van der Waals surface area contributed by atoms with Crippen LogP contribution in [0, 0.1) is 0 Å². The zero-order valence-electron chi connectivity index (χ0n) is 17.6. The van der Waals surface area contributed by atoms with E-state index >= 15 is 0 Å². The lowest BCUT2D eigenvalue weighted by Crippen LogP contribution is -2.16. The maximum atomic E-state index is 11.1. The first-order valence-electron chi connectivity index (χ1n) is 11.5. The molecular weight excluding hydrogens is 306 g/mol. The number of amides is 1. The van der Waals surface area contributed by atoms with E-state index in [1.165, 1.54) is 116 Å². The summed E-state index contributed by atoms with van der Waals surface area (Å²) in [6, 6.07) is 0. The molecule has 0 spiro atoms. The minimum atomic E-state index is 0.187. The van der Waals surface area contributed by atoms with Crippen LogP contribution in [-0.2, 0) is 4.79 Å². The van der Waals surface area contributed by atoms with Crippen molar-refractivity contribution < 1.29 is 4.79 Å². The van der Waals surface area contributed by atoms with Gasteiger partial charge >= 0.3 is 0 Å². The van der Waals surface area contributed by atoms with Gasteiger partial charge in [0, 0.05) is 13.5 Å². The normalized spacial score (nSPS) is 11.0. The summed E-state index contributed by atoms with van der Waals surface area (Å²) < 4.78 is 0. The van der Waals surface area contributed by atoms with Gasteiger partial charge in [-0.15, -0.1) is 0 Å². The summed E-state index contributed by atoms with van der Waals surface area (Å²) in [6.07, 6.45) is 27.2. The van der Waals surface area contributed by atoms with Gasteiger partial charge in [-0.25, -0.2) is 0 Å². The number of nitrogens with one attached hydrogen (secondary N) is 1. The summed E-state index contributed by atoms with van der Waals surface area (Å²) >= 11 is 0. The van der Waals surface area contributed by atoms with Crippen LogP contribution in [0.1, 0.15) is 135 Å². The van der Waals surface area contributed by atoms with Crippen molar-refractivity contribution in [3.05, 3.63) is 0 Å². The van der Waals surface area contributed by atoms with E-state index in [4.69, 9.17) is 0 Å². The fourth-order valence-corrected chi connectivity index (χ4v) is 3.49. The number of unbranched alkanes of at least 4 members (excludes halogenated alkanes) is 18. The van der Waals surface area contributed by atoms with E-state index in [2.05, 4.69) is 12.2 Å². The Hall–Kier alpha value is -0.530. The summed E-state index contributed by atoms with van der Waals surface area (Å²) in [5.74, 6) is 0.187. The molecule has 0 unspecified atom stereocenters. The fraction of sp³-hybridized carbons (Fsp3) is 0.957. The molecule has 0 aliphatic heterocycles. The molecule has 0 radical (unpaired) electrons. The van der Waals surface area contributed by atoms with Crippen molar-refractivity contribution in [3.8, 4) is 0 Å². The second kappa shape index (κ2) is 21.5. The number of hydrogen-bond donors (Lipinski definition) is 1. The van der Waals surface area contributed by atoms with E-state index in [-0.39, 0.29) is 5.91 Å². The van der Waals surface area contributed by atoms with Gasteiger partial charge in [0.15, 0.2) is 0 Å². The van der Waals surface area contributed by atoms with Gasteiger partial charge in [0.2, 0.25) is 5.91 Å². The van der Waals surface area contributed by atoms with Crippen molar-refractivity contribution in [2.24, 2.45) is 0 Å². The molecule has 0 aliphatic carbocycles. The van der Waals surface area contributed by atoms with Crippen LogP contribution < -0.4 is 5.32 Å². The number of carbonyl (C=O) groups excluding carboxylic acids is 1. The van der Waals surface area contributed by atoms with Crippen LogP contribution in [0.5, 0.6) is 0 Å². The third-order valence-corrected chi connectivity index (χ3v) is 5.29. The molecule has 0 bridgehead atoms. The van der Waals surface area contributed by atoms with Crippen molar-refractivity contribution in [3.63, 3.8) is 0 Å². The first-order valence-corrected chi connectivity index (χ1v) is 11.5. The highest BCUT2D eigenvalue weighted by Crippen LogP contribution is 2.14. The molecule has 1 N–H and O–H groups in total. The van der Waals surface area contributed by atoms with Gasteiger partial charge in [-0.3, -0.25) is 4.79 Å². The molecule has 0 aromatic rings. The summed E-state index contributed by atoms with van der Waals surface area (Å²) in [5.41, 5.74) is 0. The van der Waals surface area contributed by atoms with E-state index < -0.39 is 0 Å². The third kappa shape index (κ3) is 21.4. The van der Waals surface area contributed by atoms with Crippen LogP contribution in [0.4, 0.5) is 0 Å². The van der Waals surface area contributed by atoms with Crippen molar-refractivity contribution >= 4 is 5.91 Å². The summed E-state index contributed by atoms with van der Waals surface area (Å²) in [7, 11) is 1.72. The Balaban J connectivity index is 2.99. The van der Waals surface area contributed by atoms with Crippen LogP contribution in [-0.4, -0.2) is 13.0 Å². The highest BCUT2D eigenvalue weighted by atomic mass is 16.1. The van der Waals surface area contributed by atoms with Gasteiger partial charge < -0.3 is 5.32 Å². The molecule has 1 amide bonds. The van der Waals surface area contributed by atoms with Crippen molar-refractivity contribution in [2.75, 3.05) is 7.05 Å². The van der Waals surface area contributed by atoms with Gasteiger partial charge in [0.25, 0.3) is 0 Å². The standard InChI is InChI=1S/C23H47NO/c1-3-4-5-6-7-8-9-10-11-12-13-14-15-16-17-18-19-20-21-22-23(25)24-2/h3-22H2,1-2H3,(H,24,25). The van der Waals surface area contributed by atoms with Crippen molar-refractivity contribution in [2.45, 2.75) is 135 Å². The van der Waals surface area contributed by atoms with Gasteiger partial charge in [-0.1, -0.05) is 122 Å². The van der Waals surface area contributed by atoms with Gasteiger partial charge in [-0.2, -0.15) is 0 Å². The molecule has 2 nitrogen and oxygen atoms in total. The lowest BCUT2D eigenvalue weighted by Gasteiger charge is -2.04. The summed E-state index contributed by atoms with van der Waals surface area (Å²) in [4.78, 5) is 11.1. The molecule has 0 saturated heterocycles. The van der Waals surface area contributed by atoms with Crippen LogP contribution in [0.25, 0.3) is 0 Å². The zero-order chi connectivity index (χ0) is 18.4. The topological polar surface area (TPSA) is 29.1 Å². The molecule has 150 valence electrons. The molecule has 0 fully saturated rings. The van der Waals surface area contributed by atoms with E-state index in [0.29, 0.717) is 6.42 Å². The second-order valence-corrected chi connectivity index (χ2v) is 7.79. The number of carbonyl (C=O) groups is 1. The van der Waals surface area contributed by atoms with E-state index in [1.807, 2.05) is 0 Å². The van der Waals surface area contributed by atoms with Crippen LogP contribution >= 0.6 is 0 Å². The Morgan fingerprint density at radius 3 is 1.08 bits per heavy atom. The first-order chi connectivity index (χ1) is 12.3. The molecule has 0 aliphatic rings. The Bertz CT molecular complexity index is 265. The average molecular weight is 354 g/mol. The van der Waals surface area contributed by atoms with Gasteiger partial charge in [0.1, 0.15) is 0 Å². The fourth-order valence-electron chi connectivity index (χ4n) is 3.49. The van der Waals surface area contributed by atoms with E-state index in [1.54, 1.807) is 7.05 Å². The minimum absolute atomic E-state index is 0.187. The summed E-state index contributed by atoms with van der Waals surface area (Å²) in [6.45, 7) is 2.29. The predicted molar refractivity (Wildman–Crippen MR) is 112 cm³/mol. The molecule has 0 aromatic carbocycles. The second-order valence-electron chi connectivity index (χ2n) is 7.79. The van der Waals surface area contributed by atoms with E-state index in [9.17, 15) is 4.79 Å². The molecule has 0 rings (SSSR count). The lowest BCUT2D eigenvalue weighted by molar-refractivity contribution is -0.120. The molecular formula is C23H47NO. The molecule has 2 heteroatoms. The molecule has 0 heterocycles. The Labute approximate surface area is 158 Å². The molecule has 0 aromatic heterocycles. The van der Waals surface area contributed by atoms with Gasteiger partial charge in [0.05, 0.1) is 0 Å². The molecule has 0 saturated carbocycles. The third-order valence-electron chi connectivity index (χ3n) is 5.29. The highest BCUT2D eigenvalue weighted by molar-refractivity contribution is 5.75. The predicted octanol–water partition coefficient (Wildman–Crippen LogP) is 7.55. The maximum absolute atomic E-state index is 11.1. The first kappa shape index (κ1) is 24.5.